The highest BCUT2D eigenvalue weighted by Gasteiger charge is 2.21. The first-order valence-electron chi connectivity index (χ1n) is 6.65. The van der Waals surface area contributed by atoms with Crippen molar-refractivity contribution in [2.45, 2.75) is 13.5 Å². The van der Waals surface area contributed by atoms with Crippen molar-refractivity contribution in [2.75, 3.05) is 12.3 Å². The summed E-state index contributed by atoms with van der Waals surface area (Å²) in [5.41, 5.74) is 6.67. The lowest BCUT2D eigenvalue weighted by atomic mass is 10.2. The Morgan fingerprint density at radius 1 is 1.38 bits per heavy atom. The van der Waals surface area contributed by atoms with Crippen LogP contribution in [0.1, 0.15) is 21.5 Å². The highest BCUT2D eigenvalue weighted by molar-refractivity contribution is 7.21. The molecule has 0 bridgehead atoms. The summed E-state index contributed by atoms with van der Waals surface area (Å²) in [4.78, 5) is 21.4. The second-order valence-electron chi connectivity index (χ2n) is 4.60. The molecule has 1 amide bonds. The van der Waals surface area contributed by atoms with Crippen LogP contribution >= 0.6 is 22.7 Å². The van der Waals surface area contributed by atoms with Gasteiger partial charge in [0.05, 0.1) is 12.2 Å². The van der Waals surface area contributed by atoms with Gasteiger partial charge >= 0.3 is 0 Å². The highest BCUT2D eigenvalue weighted by atomic mass is 32.1. The van der Waals surface area contributed by atoms with Crippen molar-refractivity contribution in [1.29, 1.82) is 0 Å². The summed E-state index contributed by atoms with van der Waals surface area (Å²) < 4.78 is 0. The number of nitrogen functional groups attached to an aromatic ring is 1. The summed E-state index contributed by atoms with van der Waals surface area (Å²) >= 11 is 3.02. The molecule has 0 radical (unpaired) electrons. The van der Waals surface area contributed by atoms with Crippen LogP contribution in [0.3, 0.4) is 0 Å². The number of anilines is 1. The lowest BCUT2D eigenvalue weighted by Crippen LogP contribution is -2.29. The lowest BCUT2D eigenvalue weighted by molar-refractivity contribution is 0.0760. The van der Waals surface area contributed by atoms with Crippen molar-refractivity contribution < 1.29 is 4.79 Å². The molecule has 3 aromatic rings. The van der Waals surface area contributed by atoms with Gasteiger partial charge in [0.15, 0.2) is 0 Å². The van der Waals surface area contributed by atoms with E-state index in [9.17, 15) is 4.79 Å². The third-order valence-electron chi connectivity index (χ3n) is 3.29. The first-order chi connectivity index (χ1) is 10.2. The molecule has 0 aliphatic rings. The largest absolute Gasteiger partial charge is 0.397 e. The van der Waals surface area contributed by atoms with Gasteiger partial charge in [0.1, 0.15) is 9.71 Å². The van der Waals surface area contributed by atoms with Crippen molar-refractivity contribution in [3.8, 4) is 0 Å². The number of nitrogens with two attached hydrogens (primary N) is 1. The summed E-state index contributed by atoms with van der Waals surface area (Å²) in [6.45, 7) is 3.25. The molecule has 21 heavy (non-hydrogen) atoms. The van der Waals surface area contributed by atoms with E-state index in [-0.39, 0.29) is 5.91 Å². The zero-order chi connectivity index (χ0) is 14.8. The number of amides is 1. The fourth-order valence-corrected chi connectivity index (χ4v) is 3.92. The minimum Gasteiger partial charge on any atom is -0.397 e. The van der Waals surface area contributed by atoms with Crippen molar-refractivity contribution >= 4 is 44.5 Å². The molecular weight excluding hydrogens is 302 g/mol. The van der Waals surface area contributed by atoms with Crippen molar-refractivity contribution in [3.05, 3.63) is 45.6 Å². The quantitative estimate of drug-likeness (QED) is 0.800. The Morgan fingerprint density at radius 2 is 2.24 bits per heavy atom. The van der Waals surface area contributed by atoms with Crippen LogP contribution in [-0.4, -0.2) is 22.3 Å². The SMILES string of the molecule is CCN(Cc1cccs1)C(=O)c1sc2ncccc2c1N. The molecule has 0 unspecified atom stereocenters. The number of aromatic nitrogens is 1. The van der Waals surface area contributed by atoms with Gasteiger partial charge in [-0.3, -0.25) is 4.79 Å². The molecule has 0 aliphatic carbocycles. The monoisotopic (exact) mass is 317 g/mol. The third kappa shape index (κ3) is 2.64. The number of hydrogen-bond acceptors (Lipinski definition) is 5. The van der Waals surface area contributed by atoms with Crippen molar-refractivity contribution in [3.63, 3.8) is 0 Å². The summed E-state index contributed by atoms with van der Waals surface area (Å²) in [7, 11) is 0. The maximum Gasteiger partial charge on any atom is 0.266 e. The van der Waals surface area contributed by atoms with E-state index >= 15 is 0 Å². The predicted molar refractivity (Wildman–Crippen MR) is 88.8 cm³/mol. The molecule has 6 heteroatoms. The third-order valence-corrected chi connectivity index (χ3v) is 5.27. The smallest absolute Gasteiger partial charge is 0.266 e. The summed E-state index contributed by atoms with van der Waals surface area (Å²) in [5.74, 6) is -0.0219. The Morgan fingerprint density at radius 3 is 2.90 bits per heavy atom. The molecule has 108 valence electrons. The van der Waals surface area contributed by atoms with Crippen LogP contribution in [0, 0.1) is 0 Å². The summed E-state index contributed by atoms with van der Waals surface area (Å²) in [6, 6.07) is 7.77. The van der Waals surface area contributed by atoms with Gasteiger partial charge in [-0.25, -0.2) is 4.98 Å². The van der Waals surface area contributed by atoms with E-state index in [0.29, 0.717) is 23.7 Å². The molecule has 3 heterocycles. The van der Waals surface area contributed by atoms with Crippen molar-refractivity contribution in [2.24, 2.45) is 0 Å². The molecule has 4 nitrogen and oxygen atoms in total. The van der Waals surface area contributed by atoms with E-state index in [4.69, 9.17) is 5.73 Å². The molecular formula is C15H15N3OS2. The van der Waals surface area contributed by atoms with E-state index in [2.05, 4.69) is 4.98 Å². The minimum absolute atomic E-state index is 0.0219. The number of carbonyl (C=O) groups excluding carboxylic acids is 1. The van der Waals surface area contributed by atoms with Gasteiger partial charge < -0.3 is 10.6 Å². The molecule has 0 atom stereocenters. The number of rotatable bonds is 4. The van der Waals surface area contributed by atoms with E-state index in [0.717, 1.165) is 10.2 Å². The second kappa shape index (κ2) is 5.83. The van der Waals surface area contributed by atoms with Crippen LogP contribution < -0.4 is 5.73 Å². The van der Waals surface area contributed by atoms with Crippen LogP contribution in [0.2, 0.25) is 0 Å². The fraction of sp³-hybridized carbons (Fsp3) is 0.200. The van der Waals surface area contributed by atoms with E-state index < -0.39 is 0 Å². The van der Waals surface area contributed by atoms with E-state index in [1.165, 1.54) is 16.2 Å². The summed E-state index contributed by atoms with van der Waals surface area (Å²) in [6.07, 6.45) is 1.72. The van der Waals surface area contributed by atoms with Crippen molar-refractivity contribution in [1.82, 2.24) is 9.88 Å². The van der Waals surface area contributed by atoms with Gasteiger partial charge in [-0.1, -0.05) is 6.07 Å². The minimum atomic E-state index is -0.0219. The Bertz CT molecular complexity index is 764. The molecule has 0 saturated carbocycles. The maximum absolute atomic E-state index is 12.7. The second-order valence-corrected chi connectivity index (χ2v) is 6.63. The van der Waals surface area contributed by atoms with Gasteiger partial charge in [-0.2, -0.15) is 0 Å². The predicted octanol–water partition coefficient (Wildman–Crippen LogP) is 3.60. The number of carbonyl (C=O) groups is 1. The molecule has 0 spiro atoms. The van der Waals surface area contributed by atoms with Gasteiger partial charge in [0, 0.05) is 23.0 Å². The van der Waals surface area contributed by atoms with Crippen LogP contribution in [0.15, 0.2) is 35.8 Å². The van der Waals surface area contributed by atoms with Crippen LogP contribution in [0.25, 0.3) is 10.2 Å². The molecule has 0 aliphatic heterocycles. The zero-order valence-electron chi connectivity index (χ0n) is 11.6. The average molecular weight is 317 g/mol. The average Bonchev–Trinajstić information content (AvgIpc) is 3.13. The number of pyridine rings is 1. The van der Waals surface area contributed by atoms with Gasteiger partial charge in [0.25, 0.3) is 5.91 Å². The molecule has 0 fully saturated rings. The fourth-order valence-electron chi connectivity index (χ4n) is 2.17. The normalized spacial score (nSPS) is 10.9. The molecule has 2 N–H and O–H groups in total. The number of fused-ring (bicyclic) bond motifs is 1. The molecule has 0 aromatic carbocycles. The Kier molecular flexibility index (Phi) is 3.90. The van der Waals surface area contributed by atoms with E-state index in [1.54, 1.807) is 17.5 Å². The van der Waals surface area contributed by atoms with Crippen LogP contribution in [-0.2, 0) is 6.54 Å². The Hall–Kier alpha value is -1.92. The standard InChI is InChI=1S/C15H15N3OS2/c1-2-18(9-10-5-4-8-20-10)15(19)13-12(16)11-6-3-7-17-14(11)21-13/h3-8H,2,9,16H2,1H3. The Balaban J connectivity index is 1.93. The molecule has 0 saturated heterocycles. The van der Waals surface area contributed by atoms with Gasteiger partial charge in [-0.15, -0.1) is 22.7 Å². The van der Waals surface area contributed by atoms with E-state index in [1.807, 2.05) is 41.5 Å². The number of thiophene rings is 2. The lowest BCUT2D eigenvalue weighted by Gasteiger charge is -2.19. The maximum atomic E-state index is 12.7. The highest BCUT2D eigenvalue weighted by Crippen LogP contribution is 2.33. The first-order valence-corrected chi connectivity index (χ1v) is 8.35. The van der Waals surface area contributed by atoms with Gasteiger partial charge in [-0.05, 0) is 30.5 Å². The number of nitrogens with zero attached hydrogens (tertiary/aromatic N) is 2. The zero-order valence-corrected chi connectivity index (χ0v) is 13.2. The molecule has 3 aromatic heterocycles. The van der Waals surface area contributed by atoms with Crippen LogP contribution in [0.5, 0.6) is 0 Å². The topological polar surface area (TPSA) is 59.2 Å². The molecule has 3 rings (SSSR count). The Labute approximate surface area is 130 Å². The number of hydrogen-bond donors (Lipinski definition) is 1. The van der Waals surface area contributed by atoms with Gasteiger partial charge in [0.2, 0.25) is 0 Å². The summed E-state index contributed by atoms with van der Waals surface area (Å²) in [5, 5.41) is 2.88. The first kappa shape index (κ1) is 14.0. The van der Waals surface area contributed by atoms with Crippen LogP contribution in [0.4, 0.5) is 5.69 Å².